The van der Waals surface area contributed by atoms with Gasteiger partial charge in [0.05, 0.1) is 12.7 Å². The number of primary amides is 1. The molecule has 6 nitrogen and oxygen atoms in total. The Morgan fingerprint density at radius 2 is 1.80 bits per heavy atom. The molecule has 3 aromatic rings. The Hall–Kier alpha value is -3.06. The van der Waals surface area contributed by atoms with E-state index >= 15 is 0 Å². The first kappa shape index (κ1) is 16.8. The maximum atomic E-state index is 12.2. The van der Waals surface area contributed by atoms with Gasteiger partial charge in [-0.3, -0.25) is 10.1 Å². The Bertz CT molecular complexity index is 948. The number of hydrogen-bond acceptors (Lipinski definition) is 4. The van der Waals surface area contributed by atoms with Gasteiger partial charge in [-0.2, -0.15) is 0 Å². The molecule has 0 unspecified atom stereocenters. The molecule has 0 saturated carbocycles. The van der Waals surface area contributed by atoms with Gasteiger partial charge in [0.1, 0.15) is 10.8 Å². The van der Waals surface area contributed by atoms with E-state index in [4.69, 9.17) is 10.5 Å². The van der Waals surface area contributed by atoms with Crippen LogP contribution in [0.15, 0.2) is 42.5 Å². The van der Waals surface area contributed by atoms with Crippen LogP contribution >= 0.6 is 11.3 Å². The van der Waals surface area contributed by atoms with E-state index in [1.807, 2.05) is 19.1 Å². The Labute approximate surface area is 148 Å². The predicted octanol–water partition coefficient (Wildman–Crippen LogP) is 3.96. The normalized spacial score (nSPS) is 10.5. The van der Waals surface area contributed by atoms with Gasteiger partial charge in [-0.25, -0.2) is 4.79 Å². The summed E-state index contributed by atoms with van der Waals surface area (Å²) in [4.78, 5) is 24.1. The Morgan fingerprint density at radius 3 is 2.44 bits per heavy atom. The van der Waals surface area contributed by atoms with Gasteiger partial charge in [-0.15, -0.1) is 11.3 Å². The number of hydrogen-bond donors (Lipinski definition) is 3. The summed E-state index contributed by atoms with van der Waals surface area (Å²) in [6.45, 7) is 1.97. The number of nitrogens with one attached hydrogen (secondary N) is 2. The number of rotatable bonds is 4. The standard InChI is InChI=1S/C18H17N3O3S/c1-10-3-5-11(6-4-10)20-18(23)21-17-15(16(19)22)13-8-7-12(24-2)9-14(13)25-17/h3-9H,1-2H3,(H2,19,22)(H2,20,21,23). The molecule has 3 rings (SSSR count). The van der Waals surface area contributed by atoms with E-state index < -0.39 is 11.9 Å². The minimum Gasteiger partial charge on any atom is -0.497 e. The van der Waals surface area contributed by atoms with E-state index in [1.54, 1.807) is 37.4 Å². The summed E-state index contributed by atoms with van der Waals surface area (Å²) in [5, 5.41) is 6.53. The number of carbonyl (C=O) groups excluding carboxylic acids is 2. The minimum absolute atomic E-state index is 0.293. The number of benzene rings is 2. The summed E-state index contributed by atoms with van der Waals surface area (Å²) in [5.74, 6) is 0.0717. The molecule has 0 aliphatic rings. The van der Waals surface area contributed by atoms with E-state index in [0.29, 0.717) is 27.4 Å². The lowest BCUT2D eigenvalue weighted by Crippen LogP contribution is -2.21. The Balaban J connectivity index is 1.89. The molecule has 0 aliphatic carbocycles. The van der Waals surface area contributed by atoms with Crippen molar-refractivity contribution in [2.24, 2.45) is 5.73 Å². The first-order valence-corrected chi connectivity index (χ1v) is 8.34. The van der Waals surface area contributed by atoms with Crippen LogP contribution in [0.5, 0.6) is 5.75 Å². The van der Waals surface area contributed by atoms with Crippen LogP contribution in [0.3, 0.4) is 0 Å². The van der Waals surface area contributed by atoms with Gasteiger partial charge in [0.2, 0.25) is 0 Å². The van der Waals surface area contributed by atoms with Gasteiger partial charge < -0.3 is 15.8 Å². The maximum absolute atomic E-state index is 12.2. The number of urea groups is 1. The monoisotopic (exact) mass is 355 g/mol. The van der Waals surface area contributed by atoms with E-state index in [0.717, 1.165) is 10.3 Å². The number of amides is 3. The molecular formula is C18H17N3O3S. The molecule has 0 spiro atoms. The molecule has 0 bridgehead atoms. The van der Waals surface area contributed by atoms with E-state index in [2.05, 4.69) is 10.6 Å². The topological polar surface area (TPSA) is 93.4 Å². The molecule has 3 amide bonds. The second-order valence-electron chi connectivity index (χ2n) is 5.48. The van der Waals surface area contributed by atoms with Crippen LogP contribution in [-0.4, -0.2) is 19.0 Å². The van der Waals surface area contributed by atoms with Crippen molar-refractivity contribution in [1.29, 1.82) is 0 Å². The lowest BCUT2D eigenvalue weighted by molar-refractivity contribution is 0.100. The van der Waals surface area contributed by atoms with Gasteiger partial charge >= 0.3 is 6.03 Å². The predicted molar refractivity (Wildman–Crippen MR) is 101 cm³/mol. The van der Waals surface area contributed by atoms with Crippen LogP contribution in [0.25, 0.3) is 10.1 Å². The lowest BCUT2D eigenvalue weighted by atomic mass is 10.1. The van der Waals surface area contributed by atoms with E-state index in [1.165, 1.54) is 11.3 Å². The second-order valence-corrected chi connectivity index (χ2v) is 6.53. The number of nitrogens with two attached hydrogens (primary N) is 1. The fourth-order valence-electron chi connectivity index (χ4n) is 2.44. The van der Waals surface area contributed by atoms with Gasteiger partial charge in [0.15, 0.2) is 0 Å². The summed E-state index contributed by atoms with van der Waals surface area (Å²) >= 11 is 1.27. The van der Waals surface area contributed by atoms with Crippen molar-refractivity contribution in [3.8, 4) is 5.75 Å². The molecule has 25 heavy (non-hydrogen) atoms. The molecule has 2 aromatic carbocycles. The molecule has 0 aliphatic heterocycles. The minimum atomic E-state index is -0.595. The smallest absolute Gasteiger partial charge is 0.324 e. The van der Waals surface area contributed by atoms with E-state index in [-0.39, 0.29) is 0 Å². The summed E-state index contributed by atoms with van der Waals surface area (Å²) in [5.41, 5.74) is 7.56. The van der Waals surface area contributed by atoms with Crippen LogP contribution in [0.4, 0.5) is 15.5 Å². The number of methoxy groups -OCH3 is 1. The SMILES string of the molecule is COc1ccc2c(C(N)=O)c(NC(=O)Nc3ccc(C)cc3)sc2c1. The van der Waals surface area contributed by atoms with Crippen molar-refractivity contribution < 1.29 is 14.3 Å². The maximum Gasteiger partial charge on any atom is 0.324 e. The quantitative estimate of drug-likeness (QED) is 0.661. The number of anilines is 2. The fourth-order valence-corrected chi connectivity index (χ4v) is 3.57. The van der Waals surface area contributed by atoms with Crippen molar-refractivity contribution in [2.45, 2.75) is 6.92 Å². The average Bonchev–Trinajstić information content (AvgIpc) is 2.93. The van der Waals surface area contributed by atoms with Crippen molar-refractivity contribution in [3.63, 3.8) is 0 Å². The van der Waals surface area contributed by atoms with E-state index in [9.17, 15) is 9.59 Å². The summed E-state index contributed by atoms with van der Waals surface area (Å²) in [7, 11) is 1.57. The zero-order valence-electron chi connectivity index (χ0n) is 13.8. The highest BCUT2D eigenvalue weighted by molar-refractivity contribution is 7.23. The molecule has 1 aromatic heterocycles. The molecule has 7 heteroatoms. The highest BCUT2D eigenvalue weighted by atomic mass is 32.1. The largest absolute Gasteiger partial charge is 0.497 e. The first-order chi connectivity index (χ1) is 12.0. The van der Waals surface area contributed by atoms with Crippen LogP contribution in [0.1, 0.15) is 15.9 Å². The summed E-state index contributed by atoms with van der Waals surface area (Å²) in [6, 6.07) is 12.3. The highest BCUT2D eigenvalue weighted by Gasteiger charge is 2.19. The Morgan fingerprint density at radius 1 is 1.08 bits per heavy atom. The number of thiophene rings is 1. The number of aryl methyl sites for hydroxylation is 1. The average molecular weight is 355 g/mol. The molecule has 128 valence electrons. The van der Waals surface area contributed by atoms with Crippen LogP contribution in [-0.2, 0) is 0 Å². The van der Waals surface area contributed by atoms with Crippen molar-refractivity contribution in [3.05, 3.63) is 53.6 Å². The zero-order valence-corrected chi connectivity index (χ0v) is 14.6. The molecule has 0 radical (unpaired) electrons. The van der Waals surface area contributed by atoms with Crippen LogP contribution < -0.4 is 21.1 Å². The third-order valence-corrected chi connectivity index (χ3v) is 4.75. The molecule has 1 heterocycles. The van der Waals surface area contributed by atoms with Crippen molar-refractivity contribution in [1.82, 2.24) is 0 Å². The third-order valence-electron chi connectivity index (χ3n) is 3.68. The van der Waals surface area contributed by atoms with Gasteiger partial charge in [0.25, 0.3) is 5.91 Å². The molecule has 0 saturated heterocycles. The number of ether oxygens (including phenoxy) is 1. The third kappa shape index (κ3) is 3.56. The Kier molecular flexibility index (Phi) is 4.58. The highest BCUT2D eigenvalue weighted by Crippen LogP contribution is 2.37. The summed E-state index contributed by atoms with van der Waals surface area (Å²) in [6.07, 6.45) is 0. The van der Waals surface area contributed by atoms with Crippen LogP contribution in [0.2, 0.25) is 0 Å². The van der Waals surface area contributed by atoms with Gasteiger partial charge in [0, 0.05) is 15.8 Å². The van der Waals surface area contributed by atoms with Crippen molar-refractivity contribution >= 4 is 44.0 Å². The molecule has 0 atom stereocenters. The van der Waals surface area contributed by atoms with Gasteiger partial charge in [-0.1, -0.05) is 17.7 Å². The van der Waals surface area contributed by atoms with Crippen molar-refractivity contribution in [2.75, 3.05) is 17.7 Å². The van der Waals surface area contributed by atoms with Crippen LogP contribution in [0, 0.1) is 6.92 Å². The molecular weight excluding hydrogens is 338 g/mol. The fraction of sp³-hybridized carbons (Fsp3) is 0.111. The lowest BCUT2D eigenvalue weighted by Gasteiger charge is -2.07. The first-order valence-electron chi connectivity index (χ1n) is 7.53. The summed E-state index contributed by atoms with van der Waals surface area (Å²) < 4.78 is 6.00. The zero-order chi connectivity index (χ0) is 18.0. The number of fused-ring (bicyclic) bond motifs is 1. The molecule has 0 fully saturated rings. The number of carbonyl (C=O) groups is 2. The second kappa shape index (κ2) is 6.82. The molecule has 4 N–H and O–H groups in total. The van der Waals surface area contributed by atoms with Gasteiger partial charge in [-0.05, 0) is 37.3 Å².